The van der Waals surface area contributed by atoms with Crippen molar-refractivity contribution in [1.82, 2.24) is 0 Å². The van der Waals surface area contributed by atoms with Crippen molar-refractivity contribution >= 4 is 0 Å². The summed E-state index contributed by atoms with van der Waals surface area (Å²) in [5.74, 6) is 0. The predicted octanol–water partition coefficient (Wildman–Crippen LogP) is 0.494. The van der Waals surface area contributed by atoms with E-state index in [1.165, 1.54) is 0 Å². The molecule has 0 amide bonds. The number of ether oxygens (including phenoxy) is 1. The Hall–Kier alpha value is -0.150. The van der Waals surface area contributed by atoms with Gasteiger partial charge in [-0.05, 0) is 6.92 Å². The molecule has 3 heteroatoms. The molecule has 2 nitrogen and oxygen atoms in total. The van der Waals surface area contributed by atoms with Gasteiger partial charge >= 0.3 is 0 Å². The van der Waals surface area contributed by atoms with Crippen molar-refractivity contribution in [2.24, 2.45) is 0 Å². The van der Waals surface area contributed by atoms with Crippen LogP contribution in [0.1, 0.15) is 13.3 Å². The summed E-state index contributed by atoms with van der Waals surface area (Å²) in [6.07, 6.45) is -1.15. The fourth-order valence-electron chi connectivity index (χ4n) is 1.07. The van der Waals surface area contributed by atoms with Crippen molar-refractivity contribution in [3.63, 3.8) is 0 Å². The van der Waals surface area contributed by atoms with Gasteiger partial charge in [0.05, 0.1) is 12.7 Å². The lowest BCUT2D eigenvalue weighted by Crippen LogP contribution is -2.21. The van der Waals surface area contributed by atoms with E-state index in [9.17, 15) is 4.39 Å². The topological polar surface area (TPSA) is 29.5 Å². The third kappa shape index (κ3) is 1.40. The zero-order valence-electron chi connectivity index (χ0n) is 5.38. The van der Waals surface area contributed by atoms with E-state index in [2.05, 4.69) is 0 Å². The van der Waals surface area contributed by atoms with Gasteiger partial charge in [-0.3, -0.25) is 0 Å². The molecule has 1 aliphatic heterocycles. The summed E-state index contributed by atoms with van der Waals surface area (Å²) in [6, 6.07) is 0. The zero-order chi connectivity index (χ0) is 6.85. The summed E-state index contributed by atoms with van der Waals surface area (Å²) in [7, 11) is 0. The second-order valence-electron chi connectivity index (χ2n) is 2.42. The van der Waals surface area contributed by atoms with E-state index in [0.29, 0.717) is 6.42 Å². The average Bonchev–Trinajstić information content (AvgIpc) is 2.10. The fraction of sp³-hybridized carbons (Fsp3) is 1.00. The van der Waals surface area contributed by atoms with Gasteiger partial charge in [-0.15, -0.1) is 0 Å². The minimum atomic E-state index is -0.968. The summed E-state index contributed by atoms with van der Waals surface area (Å²) in [6.45, 7) is 1.60. The van der Waals surface area contributed by atoms with E-state index in [0.717, 1.165) is 0 Å². The zero-order valence-corrected chi connectivity index (χ0v) is 5.38. The van der Waals surface area contributed by atoms with Gasteiger partial charge in [0.25, 0.3) is 0 Å². The monoisotopic (exact) mass is 134 g/mol. The maximum absolute atomic E-state index is 12.6. The van der Waals surface area contributed by atoms with E-state index >= 15 is 0 Å². The summed E-state index contributed by atoms with van der Waals surface area (Å²) in [5.41, 5.74) is 0. The molecule has 1 heterocycles. The molecule has 0 aromatic rings. The standard InChI is InChI=1S/C6H11FO2/c1-4-2-5(7)6(3-8)9-4/h4-6,8H,2-3H2,1H3. The van der Waals surface area contributed by atoms with Crippen LogP contribution in [0, 0.1) is 0 Å². The lowest BCUT2D eigenvalue weighted by Gasteiger charge is -2.07. The Morgan fingerprint density at radius 2 is 2.44 bits per heavy atom. The average molecular weight is 134 g/mol. The molecule has 3 atom stereocenters. The van der Waals surface area contributed by atoms with Crippen LogP contribution in [0.15, 0.2) is 0 Å². The summed E-state index contributed by atoms with van der Waals surface area (Å²) in [5, 5.41) is 8.49. The lowest BCUT2D eigenvalue weighted by molar-refractivity contribution is 0.000910. The second kappa shape index (κ2) is 2.62. The smallest absolute Gasteiger partial charge is 0.131 e. The van der Waals surface area contributed by atoms with Crippen molar-refractivity contribution in [2.45, 2.75) is 31.7 Å². The Morgan fingerprint density at radius 1 is 1.78 bits per heavy atom. The molecule has 0 aliphatic carbocycles. The molecule has 1 fully saturated rings. The molecule has 0 spiro atoms. The Labute approximate surface area is 53.6 Å². The fourth-order valence-corrected chi connectivity index (χ4v) is 1.07. The largest absolute Gasteiger partial charge is 0.394 e. The summed E-state index contributed by atoms with van der Waals surface area (Å²) < 4.78 is 17.6. The minimum Gasteiger partial charge on any atom is -0.394 e. The van der Waals surface area contributed by atoms with Gasteiger partial charge < -0.3 is 9.84 Å². The van der Waals surface area contributed by atoms with Crippen molar-refractivity contribution in [3.05, 3.63) is 0 Å². The molecule has 9 heavy (non-hydrogen) atoms. The molecule has 1 N–H and O–H groups in total. The minimum absolute atomic E-state index is 0.0304. The molecule has 1 rings (SSSR count). The van der Waals surface area contributed by atoms with E-state index < -0.39 is 12.3 Å². The molecule has 0 aromatic heterocycles. The molecule has 0 aromatic carbocycles. The number of rotatable bonds is 1. The van der Waals surface area contributed by atoms with Gasteiger partial charge in [0.1, 0.15) is 12.3 Å². The number of hydrogen-bond acceptors (Lipinski definition) is 2. The number of alkyl halides is 1. The molecule has 54 valence electrons. The van der Waals surface area contributed by atoms with E-state index in [-0.39, 0.29) is 12.7 Å². The van der Waals surface area contributed by atoms with Crippen molar-refractivity contribution in [2.75, 3.05) is 6.61 Å². The molecular formula is C6H11FO2. The third-order valence-electron chi connectivity index (χ3n) is 1.55. The summed E-state index contributed by atoms with van der Waals surface area (Å²) in [4.78, 5) is 0. The molecule has 1 aliphatic rings. The van der Waals surface area contributed by atoms with Crippen molar-refractivity contribution in [3.8, 4) is 0 Å². The molecule has 0 radical (unpaired) electrons. The second-order valence-corrected chi connectivity index (χ2v) is 2.42. The Balaban J connectivity index is 2.38. The van der Waals surface area contributed by atoms with Crippen LogP contribution in [0.2, 0.25) is 0 Å². The number of aliphatic hydroxyl groups is 1. The predicted molar refractivity (Wildman–Crippen MR) is 30.9 cm³/mol. The first-order chi connectivity index (χ1) is 4.24. The van der Waals surface area contributed by atoms with Crippen LogP contribution in [0.25, 0.3) is 0 Å². The normalized spacial score (nSPS) is 43.7. The molecule has 0 bridgehead atoms. The highest BCUT2D eigenvalue weighted by atomic mass is 19.1. The Morgan fingerprint density at radius 3 is 2.67 bits per heavy atom. The van der Waals surface area contributed by atoms with Crippen molar-refractivity contribution in [1.29, 1.82) is 0 Å². The van der Waals surface area contributed by atoms with Crippen LogP contribution >= 0.6 is 0 Å². The molecule has 3 unspecified atom stereocenters. The van der Waals surface area contributed by atoms with Gasteiger partial charge in [-0.1, -0.05) is 0 Å². The van der Waals surface area contributed by atoms with Crippen LogP contribution < -0.4 is 0 Å². The van der Waals surface area contributed by atoms with E-state index in [4.69, 9.17) is 9.84 Å². The van der Waals surface area contributed by atoms with E-state index in [1.54, 1.807) is 0 Å². The highest BCUT2D eigenvalue weighted by Gasteiger charge is 2.31. The Kier molecular flexibility index (Phi) is 2.03. The van der Waals surface area contributed by atoms with Crippen LogP contribution in [0.5, 0.6) is 0 Å². The number of hydrogen-bond donors (Lipinski definition) is 1. The maximum Gasteiger partial charge on any atom is 0.131 e. The van der Waals surface area contributed by atoms with Crippen molar-refractivity contribution < 1.29 is 14.2 Å². The van der Waals surface area contributed by atoms with Crippen LogP contribution in [-0.4, -0.2) is 30.1 Å². The first-order valence-electron chi connectivity index (χ1n) is 3.14. The first kappa shape index (κ1) is 6.96. The van der Waals surface area contributed by atoms with Gasteiger partial charge in [-0.2, -0.15) is 0 Å². The first-order valence-corrected chi connectivity index (χ1v) is 3.14. The van der Waals surface area contributed by atoms with E-state index in [1.807, 2.05) is 6.92 Å². The van der Waals surface area contributed by atoms with Gasteiger partial charge in [-0.25, -0.2) is 4.39 Å². The number of aliphatic hydroxyl groups excluding tert-OH is 1. The maximum atomic E-state index is 12.6. The van der Waals surface area contributed by atoms with Gasteiger partial charge in [0.2, 0.25) is 0 Å². The van der Waals surface area contributed by atoms with Crippen LogP contribution in [-0.2, 0) is 4.74 Å². The molecule has 0 saturated carbocycles. The quantitative estimate of drug-likeness (QED) is 0.565. The lowest BCUT2D eigenvalue weighted by atomic mass is 10.2. The summed E-state index contributed by atoms with van der Waals surface area (Å²) >= 11 is 0. The third-order valence-corrected chi connectivity index (χ3v) is 1.55. The highest BCUT2D eigenvalue weighted by molar-refractivity contribution is 4.79. The Bertz CT molecular complexity index is 97.1. The van der Waals surface area contributed by atoms with Gasteiger partial charge in [0, 0.05) is 6.42 Å². The molecular weight excluding hydrogens is 123 g/mol. The van der Waals surface area contributed by atoms with Gasteiger partial charge in [0.15, 0.2) is 0 Å². The SMILES string of the molecule is CC1CC(F)C(CO)O1. The molecule has 1 saturated heterocycles. The highest BCUT2D eigenvalue weighted by Crippen LogP contribution is 2.21. The van der Waals surface area contributed by atoms with Crippen LogP contribution in [0.4, 0.5) is 4.39 Å². The van der Waals surface area contributed by atoms with Crippen LogP contribution in [0.3, 0.4) is 0 Å². The number of halogens is 1.